The summed E-state index contributed by atoms with van der Waals surface area (Å²) in [5.41, 5.74) is 6.73. The third kappa shape index (κ3) is 2.60. The van der Waals surface area contributed by atoms with Gasteiger partial charge in [-0.2, -0.15) is 0 Å². The van der Waals surface area contributed by atoms with Crippen LogP contribution in [-0.4, -0.2) is 41.4 Å². The summed E-state index contributed by atoms with van der Waals surface area (Å²) in [5, 5.41) is 10.3. The molecule has 0 aromatic carbocycles. The maximum atomic E-state index is 5.60. The number of nitrogens with two attached hydrogens (primary N) is 1. The second-order valence-electron chi connectivity index (χ2n) is 4.52. The summed E-state index contributed by atoms with van der Waals surface area (Å²) in [6, 6.07) is 3.86. The van der Waals surface area contributed by atoms with Gasteiger partial charge in [0.25, 0.3) is 0 Å². The number of pyridine rings is 1. The Kier molecular flexibility index (Phi) is 3.20. The molecule has 1 aliphatic rings. The van der Waals surface area contributed by atoms with E-state index < -0.39 is 0 Å². The van der Waals surface area contributed by atoms with Crippen LogP contribution in [0.5, 0.6) is 0 Å². The Hall–Kier alpha value is -1.89. The maximum absolute atomic E-state index is 5.60. The van der Waals surface area contributed by atoms with Crippen LogP contribution in [0.3, 0.4) is 0 Å². The van der Waals surface area contributed by atoms with E-state index in [1.807, 2.05) is 25.3 Å². The van der Waals surface area contributed by atoms with E-state index >= 15 is 0 Å². The zero-order valence-electron chi connectivity index (χ0n) is 10.8. The van der Waals surface area contributed by atoms with Crippen LogP contribution in [0, 0.1) is 6.92 Å². The van der Waals surface area contributed by atoms with Crippen LogP contribution in [0.15, 0.2) is 18.3 Å². The largest absolute Gasteiger partial charge is 0.384 e. The normalized spacial score (nSPS) is 15.8. The molecule has 6 nitrogen and oxygen atoms in total. The van der Waals surface area contributed by atoms with Gasteiger partial charge in [0.1, 0.15) is 10.8 Å². The molecule has 0 amide bonds. The van der Waals surface area contributed by atoms with Crippen molar-refractivity contribution in [3.63, 3.8) is 0 Å². The first-order valence-electron chi connectivity index (χ1n) is 6.24. The van der Waals surface area contributed by atoms with Gasteiger partial charge < -0.3 is 15.5 Å². The highest BCUT2D eigenvalue weighted by Gasteiger charge is 2.19. The Bertz CT molecular complexity index is 544. The molecule has 2 aromatic rings. The minimum absolute atomic E-state index is 0.562. The Morgan fingerprint density at radius 1 is 1.11 bits per heavy atom. The molecule has 0 saturated carbocycles. The van der Waals surface area contributed by atoms with E-state index in [1.165, 1.54) is 0 Å². The smallest absolute Gasteiger partial charge is 0.208 e. The number of rotatable bonds is 2. The topological polar surface area (TPSA) is 71.2 Å². The molecule has 0 spiro atoms. The molecule has 1 saturated heterocycles. The summed E-state index contributed by atoms with van der Waals surface area (Å²) in [5.74, 6) is 0.562. The molecule has 0 aliphatic carbocycles. The van der Waals surface area contributed by atoms with Gasteiger partial charge in [-0.1, -0.05) is 11.3 Å². The average Bonchev–Trinajstić information content (AvgIpc) is 2.87. The number of hydrogen-bond acceptors (Lipinski definition) is 7. The van der Waals surface area contributed by atoms with Crippen LogP contribution in [-0.2, 0) is 0 Å². The Balaban J connectivity index is 1.64. The summed E-state index contributed by atoms with van der Waals surface area (Å²) >= 11 is 1.65. The first-order valence-corrected chi connectivity index (χ1v) is 7.05. The van der Waals surface area contributed by atoms with E-state index in [0.717, 1.165) is 42.0 Å². The summed E-state index contributed by atoms with van der Waals surface area (Å²) in [4.78, 5) is 8.74. The molecule has 2 N–H and O–H groups in total. The van der Waals surface area contributed by atoms with Crippen molar-refractivity contribution < 1.29 is 0 Å². The van der Waals surface area contributed by atoms with Gasteiger partial charge in [0.15, 0.2) is 0 Å². The fraction of sp³-hybridized carbons (Fsp3) is 0.417. The minimum atomic E-state index is 0.562. The number of aryl methyl sites for hydroxylation is 1. The number of aromatic nitrogens is 3. The lowest BCUT2D eigenvalue weighted by Crippen LogP contribution is -2.46. The third-order valence-electron chi connectivity index (χ3n) is 3.20. The van der Waals surface area contributed by atoms with Crippen LogP contribution in [0.4, 0.5) is 16.6 Å². The van der Waals surface area contributed by atoms with Crippen LogP contribution in [0.2, 0.25) is 0 Å². The van der Waals surface area contributed by atoms with Crippen molar-refractivity contribution in [3.05, 3.63) is 23.3 Å². The fourth-order valence-corrected chi connectivity index (χ4v) is 2.89. The predicted molar refractivity (Wildman–Crippen MR) is 77.7 cm³/mol. The highest BCUT2D eigenvalue weighted by atomic mass is 32.1. The summed E-state index contributed by atoms with van der Waals surface area (Å²) in [6.45, 7) is 5.82. The number of hydrogen-bond donors (Lipinski definition) is 1. The van der Waals surface area contributed by atoms with Crippen LogP contribution in [0.25, 0.3) is 0 Å². The number of anilines is 3. The molecule has 1 fully saturated rings. The molecule has 0 atom stereocenters. The molecule has 1 aliphatic heterocycles. The molecule has 100 valence electrons. The number of nitrogen functional groups attached to an aromatic ring is 1. The Labute approximate surface area is 115 Å². The van der Waals surface area contributed by atoms with Gasteiger partial charge in [0.2, 0.25) is 5.13 Å². The highest BCUT2D eigenvalue weighted by molar-refractivity contribution is 7.15. The number of piperazine rings is 1. The predicted octanol–water partition coefficient (Wildman–Crippen LogP) is 1.15. The van der Waals surface area contributed by atoms with Gasteiger partial charge in [0, 0.05) is 26.2 Å². The van der Waals surface area contributed by atoms with Gasteiger partial charge in [0.05, 0.1) is 11.9 Å². The second-order valence-corrected chi connectivity index (χ2v) is 5.68. The van der Waals surface area contributed by atoms with Crippen molar-refractivity contribution in [2.24, 2.45) is 0 Å². The lowest BCUT2D eigenvalue weighted by Gasteiger charge is -2.35. The quantitative estimate of drug-likeness (QED) is 0.887. The molecule has 7 heteroatoms. The number of nitrogens with zero attached hydrogens (tertiary/aromatic N) is 5. The van der Waals surface area contributed by atoms with Crippen molar-refractivity contribution in [3.8, 4) is 0 Å². The molecule has 19 heavy (non-hydrogen) atoms. The SMILES string of the molecule is Cc1nnc(N2CCN(c3ccc(N)nc3)CC2)s1. The van der Waals surface area contributed by atoms with Crippen molar-refractivity contribution in [2.45, 2.75) is 6.92 Å². The van der Waals surface area contributed by atoms with Gasteiger partial charge >= 0.3 is 0 Å². The zero-order valence-corrected chi connectivity index (χ0v) is 11.6. The first-order chi connectivity index (χ1) is 9.22. The van der Waals surface area contributed by atoms with E-state index in [-0.39, 0.29) is 0 Å². The fourth-order valence-electron chi connectivity index (χ4n) is 2.15. The molecule has 3 heterocycles. The van der Waals surface area contributed by atoms with E-state index in [0.29, 0.717) is 5.82 Å². The van der Waals surface area contributed by atoms with E-state index in [4.69, 9.17) is 5.73 Å². The molecular formula is C12H16N6S. The highest BCUT2D eigenvalue weighted by Crippen LogP contribution is 2.22. The van der Waals surface area contributed by atoms with E-state index in [9.17, 15) is 0 Å². The molecule has 3 rings (SSSR count). The van der Waals surface area contributed by atoms with Gasteiger partial charge in [-0.3, -0.25) is 0 Å². The van der Waals surface area contributed by atoms with Crippen molar-refractivity contribution >= 4 is 28.0 Å². The lowest BCUT2D eigenvalue weighted by molar-refractivity contribution is 0.649. The summed E-state index contributed by atoms with van der Waals surface area (Å²) in [7, 11) is 0. The molecule has 2 aromatic heterocycles. The van der Waals surface area contributed by atoms with Crippen molar-refractivity contribution in [2.75, 3.05) is 41.7 Å². The van der Waals surface area contributed by atoms with Crippen LogP contribution >= 0.6 is 11.3 Å². The molecular weight excluding hydrogens is 260 g/mol. The minimum Gasteiger partial charge on any atom is -0.384 e. The molecule has 0 bridgehead atoms. The van der Waals surface area contributed by atoms with Gasteiger partial charge in [-0.25, -0.2) is 4.98 Å². The van der Waals surface area contributed by atoms with Crippen molar-refractivity contribution in [1.82, 2.24) is 15.2 Å². The third-order valence-corrected chi connectivity index (χ3v) is 4.10. The Morgan fingerprint density at radius 3 is 2.42 bits per heavy atom. The first kappa shape index (κ1) is 12.2. The standard InChI is InChI=1S/C12H16N6S/c1-9-15-16-12(19-9)18-6-4-17(5-7-18)10-2-3-11(13)14-8-10/h2-3,8H,4-7H2,1H3,(H2,13,14). The van der Waals surface area contributed by atoms with Crippen LogP contribution < -0.4 is 15.5 Å². The maximum Gasteiger partial charge on any atom is 0.208 e. The van der Waals surface area contributed by atoms with Gasteiger partial charge in [-0.15, -0.1) is 10.2 Å². The molecule has 0 unspecified atom stereocenters. The monoisotopic (exact) mass is 276 g/mol. The van der Waals surface area contributed by atoms with E-state index in [1.54, 1.807) is 11.3 Å². The zero-order chi connectivity index (χ0) is 13.2. The van der Waals surface area contributed by atoms with Crippen LogP contribution in [0.1, 0.15) is 5.01 Å². The van der Waals surface area contributed by atoms with Gasteiger partial charge in [-0.05, 0) is 19.1 Å². The second kappa shape index (κ2) is 5.00. The molecule has 0 radical (unpaired) electrons. The van der Waals surface area contributed by atoms with E-state index in [2.05, 4.69) is 25.0 Å². The Morgan fingerprint density at radius 2 is 1.84 bits per heavy atom. The summed E-state index contributed by atoms with van der Waals surface area (Å²) < 4.78 is 0. The lowest BCUT2D eigenvalue weighted by atomic mass is 10.3. The van der Waals surface area contributed by atoms with Crippen molar-refractivity contribution in [1.29, 1.82) is 0 Å². The average molecular weight is 276 g/mol. The summed E-state index contributed by atoms with van der Waals surface area (Å²) in [6.07, 6.45) is 1.83.